The number of fused-ring (bicyclic) bond motifs is 1. The highest BCUT2D eigenvalue weighted by atomic mass is 16.5. The molecule has 0 bridgehead atoms. The number of allylic oxidation sites excluding steroid dienone is 2. The fraction of sp³-hybridized carbons (Fsp3) is 0.250. The highest BCUT2D eigenvalue weighted by molar-refractivity contribution is 6.05. The number of phenolic OH excluding ortho intramolecular Hbond substituents is 1. The lowest BCUT2D eigenvalue weighted by Gasteiger charge is -2.33. The number of aromatic hydroxyl groups is 1. The lowest BCUT2D eigenvalue weighted by molar-refractivity contribution is -0.144. The molecule has 0 spiro atoms. The van der Waals surface area contributed by atoms with Gasteiger partial charge in [-0.25, -0.2) is 0 Å². The van der Waals surface area contributed by atoms with Gasteiger partial charge >= 0.3 is 5.97 Å². The Morgan fingerprint density at radius 3 is 1.88 bits per heavy atom. The maximum absolute atomic E-state index is 13.5. The molecule has 0 radical (unpaired) electrons. The van der Waals surface area contributed by atoms with Crippen molar-refractivity contribution in [1.29, 1.82) is 0 Å². The van der Waals surface area contributed by atoms with Crippen LogP contribution in [0.4, 0.5) is 0 Å². The second kappa shape index (κ2) is 12.5. The molecule has 0 saturated heterocycles. The van der Waals surface area contributed by atoms with E-state index in [-0.39, 0.29) is 11.5 Å². The number of hydrogen-bond acceptors (Lipinski definition) is 9. The molecule has 1 aliphatic rings. The molecular formula is C32H32O9. The van der Waals surface area contributed by atoms with E-state index in [0.717, 1.165) is 11.1 Å². The Morgan fingerprint density at radius 1 is 0.756 bits per heavy atom. The highest BCUT2D eigenvalue weighted by Gasteiger charge is 2.39. The molecule has 41 heavy (non-hydrogen) atoms. The summed E-state index contributed by atoms with van der Waals surface area (Å²) in [6.45, 7) is 0. The molecule has 9 heteroatoms. The number of esters is 1. The molecule has 0 aliphatic heterocycles. The monoisotopic (exact) mass is 560 g/mol. The fourth-order valence-electron chi connectivity index (χ4n) is 5.04. The van der Waals surface area contributed by atoms with Crippen LogP contribution in [0.15, 0.2) is 66.3 Å². The summed E-state index contributed by atoms with van der Waals surface area (Å²) in [4.78, 5) is 26.4. The van der Waals surface area contributed by atoms with Gasteiger partial charge in [0.1, 0.15) is 5.75 Å². The average Bonchev–Trinajstić information content (AvgIpc) is 3.01. The quantitative estimate of drug-likeness (QED) is 0.203. The fourth-order valence-corrected chi connectivity index (χ4v) is 5.04. The van der Waals surface area contributed by atoms with E-state index in [1.807, 2.05) is 18.2 Å². The number of methoxy groups -OCH3 is 6. The van der Waals surface area contributed by atoms with Crippen LogP contribution in [0.3, 0.4) is 0 Å². The van der Waals surface area contributed by atoms with Crippen LogP contribution in [0, 0.1) is 5.92 Å². The van der Waals surface area contributed by atoms with Crippen LogP contribution in [-0.4, -0.2) is 59.5 Å². The van der Waals surface area contributed by atoms with Gasteiger partial charge in [-0.05, 0) is 76.9 Å². The third-order valence-corrected chi connectivity index (χ3v) is 7.02. The molecule has 3 aromatic carbocycles. The van der Waals surface area contributed by atoms with Crippen molar-refractivity contribution >= 4 is 17.8 Å². The molecule has 2 atom stereocenters. The molecular weight excluding hydrogens is 528 g/mol. The number of benzene rings is 3. The van der Waals surface area contributed by atoms with Crippen LogP contribution in [-0.2, 0) is 9.53 Å². The first kappa shape index (κ1) is 29.1. The largest absolute Gasteiger partial charge is 0.508 e. The number of ketones is 1. The second-order valence-corrected chi connectivity index (χ2v) is 9.16. The highest BCUT2D eigenvalue weighted by Crippen LogP contribution is 2.50. The van der Waals surface area contributed by atoms with Gasteiger partial charge in [0.15, 0.2) is 28.8 Å². The second-order valence-electron chi connectivity index (χ2n) is 9.16. The first-order valence-corrected chi connectivity index (χ1v) is 12.7. The molecule has 1 aliphatic carbocycles. The van der Waals surface area contributed by atoms with Gasteiger partial charge in [-0.1, -0.05) is 12.2 Å². The van der Waals surface area contributed by atoms with E-state index in [9.17, 15) is 14.7 Å². The third-order valence-electron chi connectivity index (χ3n) is 7.02. The zero-order valence-corrected chi connectivity index (χ0v) is 23.7. The van der Waals surface area contributed by atoms with Crippen molar-refractivity contribution in [3.05, 3.63) is 88.5 Å². The van der Waals surface area contributed by atoms with Crippen LogP contribution in [0.5, 0.6) is 34.5 Å². The van der Waals surface area contributed by atoms with E-state index in [2.05, 4.69) is 0 Å². The molecule has 9 nitrogen and oxygen atoms in total. The van der Waals surface area contributed by atoms with Crippen molar-refractivity contribution in [2.24, 2.45) is 5.92 Å². The van der Waals surface area contributed by atoms with E-state index in [4.69, 9.17) is 28.4 Å². The van der Waals surface area contributed by atoms with Crippen LogP contribution in [0.25, 0.3) is 6.08 Å². The maximum Gasteiger partial charge on any atom is 0.314 e. The minimum Gasteiger partial charge on any atom is -0.508 e. The normalized spacial score (nSPS) is 15.9. The number of phenols is 1. The third kappa shape index (κ3) is 5.70. The Kier molecular flexibility index (Phi) is 8.87. The molecule has 0 amide bonds. The zero-order chi connectivity index (χ0) is 29.7. The van der Waals surface area contributed by atoms with Gasteiger partial charge in [-0.15, -0.1) is 0 Å². The molecule has 0 aromatic heterocycles. The van der Waals surface area contributed by atoms with Crippen LogP contribution >= 0.6 is 0 Å². The minimum atomic E-state index is -0.850. The molecule has 0 saturated carbocycles. The maximum atomic E-state index is 13.5. The molecule has 0 unspecified atom stereocenters. The first-order chi connectivity index (χ1) is 19.8. The Balaban J connectivity index is 1.96. The number of rotatable bonds is 10. The Morgan fingerprint density at radius 2 is 1.34 bits per heavy atom. The van der Waals surface area contributed by atoms with E-state index >= 15 is 0 Å². The van der Waals surface area contributed by atoms with Crippen molar-refractivity contribution < 1.29 is 43.1 Å². The molecule has 1 N–H and O–H groups in total. The summed E-state index contributed by atoms with van der Waals surface area (Å²) < 4.78 is 33.1. The smallest absolute Gasteiger partial charge is 0.314 e. The summed E-state index contributed by atoms with van der Waals surface area (Å²) in [5.41, 5.74) is 3.15. The predicted molar refractivity (Wildman–Crippen MR) is 153 cm³/mol. The summed E-state index contributed by atoms with van der Waals surface area (Å²) in [5.74, 6) is 0.0507. The Hall–Kier alpha value is -4.92. The predicted octanol–water partition coefficient (Wildman–Crippen LogP) is 5.19. The minimum absolute atomic E-state index is 0.0560. The summed E-state index contributed by atoms with van der Waals surface area (Å²) in [6.07, 6.45) is 4.83. The standard InChI is InChI=1S/C32H32O9/c1-36-25-14-20-13-19(9-12-24(34)18-7-10-22(33)11-8-18)30(32(35)41-6)29(23(20)17-26(25)37-2)21-15-27(38-3)31(40-5)28(16-21)39-4/h7-17,29-30,33H,1-6H3/b12-9+/t29-,30+/m1/s1. The van der Waals surface area contributed by atoms with Gasteiger partial charge in [0, 0.05) is 11.5 Å². The van der Waals surface area contributed by atoms with Gasteiger partial charge < -0.3 is 33.5 Å². The van der Waals surface area contributed by atoms with Crippen molar-refractivity contribution in [2.75, 3.05) is 42.7 Å². The molecule has 214 valence electrons. The Labute approximate surface area is 238 Å². The summed E-state index contributed by atoms with van der Waals surface area (Å²) in [6, 6.07) is 13.2. The SMILES string of the molecule is COC(=O)[C@H]1C(/C=C/C(=O)c2ccc(O)cc2)=Cc2cc(OC)c(OC)cc2[C@H]1c1cc(OC)c(OC)c(OC)c1. The van der Waals surface area contributed by atoms with E-state index in [1.165, 1.54) is 65.9 Å². The number of ether oxygens (including phenoxy) is 6. The van der Waals surface area contributed by atoms with Crippen molar-refractivity contribution in [3.63, 3.8) is 0 Å². The van der Waals surface area contributed by atoms with Gasteiger partial charge in [-0.3, -0.25) is 9.59 Å². The summed E-state index contributed by atoms with van der Waals surface area (Å²) in [5, 5.41) is 9.58. The van der Waals surface area contributed by atoms with Crippen LogP contribution in [0.2, 0.25) is 0 Å². The van der Waals surface area contributed by atoms with Gasteiger partial charge in [-0.2, -0.15) is 0 Å². The number of hydrogen-bond donors (Lipinski definition) is 1. The molecule has 3 aromatic rings. The summed E-state index contributed by atoms with van der Waals surface area (Å²) >= 11 is 0. The molecule has 0 heterocycles. The van der Waals surface area contributed by atoms with E-state index in [1.54, 1.807) is 25.3 Å². The molecule has 4 rings (SSSR count). The van der Waals surface area contributed by atoms with Gasteiger partial charge in [0.05, 0.1) is 48.6 Å². The lowest BCUT2D eigenvalue weighted by Crippen LogP contribution is -2.29. The lowest BCUT2D eigenvalue weighted by atomic mass is 9.71. The Bertz CT molecular complexity index is 1480. The average molecular weight is 561 g/mol. The first-order valence-electron chi connectivity index (χ1n) is 12.7. The van der Waals surface area contributed by atoms with Crippen molar-refractivity contribution in [3.8, 4) is 34.5 Å². The van der Waals surface area contributed by atoms with E-state index in [0.29, 0.717) is 45.4 Å². The van der Waals surface area contributed by atoms with E-state index < -0.39 is 17.8 Å². The zero-order valence-electron chi connectivity index (χ0n) is 23.7. The van der Waals surface area contributed by atoms with Gasteiger partial charge in [0.25, 0.3) is 0 Å². The topological polar surface area (TPSA) is 110 Å². The number of carbonyl (C=O) groups excluding carboxylic acids is 2. The van der Waals surface area contributed by atoms with Gasteiger partial charge in [0.2, 0.25) is 5.75 Å². The van der Waals surface area contributed by atoms with Crippen LogP contribution in [0.1, 0.15) is 33.0 Å². The number of carbonyl (C=O) groups is 2. The van der Waals surface area contributed by atoms with Crippen molar-refractivity contribution in [2.45, 2.75) is 5.92 Å². The van der Waals surface area contributed by atoms with Crippen LogP contribution < -0.4 is 23.7 Å². The van der Waals surface area contributed by atoms with Crippen molar-refractivity contribution in [1.82, 2.24) is 0 Å². The summed E-state index contributed by atoms with van der Waals surface area (Å²) in [7, 11) is 8.96. The molecule has 0 fully saturated rings.